The number of nitrogens with two attached hydrogens (primary N) is 1. The van der Waals surface area contributed by atoms with Crippen LogP contribution >= 0.6 is 11.6 Å². The van der Waals surface area contributed by atoms with Crippen LogP contribution in [0.1, 0.15) is 10.8 Å². The topological polar surface area (TPSA) is 60.2 Å². The van der Waals surface area contributed by atoms with Crippen molar-refractivity contribution in [1.29, 1.82) is 0 Å². The smallest absolute Gasteiger partial charge is 0.186 e. The molecule has 0 bridgehead atoms. The third-order valence-electron chi connectivity index (χ3n) is 2.98. The molecule has 2 aromatic rings. The molecule has 0 aliphatic rings. The predicted octanol–water partition coefficient (Wildman–Crippen LogP) is 2.95. The van der Waals surface area contributed by atoms with Crippen LogP contribution in [0, 0.1) is 5.82 Å². The molecule has 0 radical (unpaired) electrons. The van der Waals surface area contributed by atoms with Crippen molar-refractivity contribution < 1.29 is 12.8 Å². The molecule has 106 valence electrons. The molecule has 0 aromatic heterocycles. The Kier molecular flexibility index (Phi) is 4.42. The van der Waals surface area contributed by atoms with Gasteiger partial charge in [-0.15, -0.1) is 0 Å². The Morgan fingerprint density at radius 2 is 1.75 bits per heavy atom. The van der Waals surface area contributed by atoms with Gasteiger partial charge in [0.25, 0.3) is 0 Å². The largest absolute Gasteiger partial charge is 0.329 e. The lowest BCUT2D eigenvalue weighted by Gasteiger charge is -2.18. The van der Waals surface area contributed by atoms with Gasteiger partial charge in [0.2, 0.25) is 0 Å². The van der Waals surface area contributed by atoms with E-state index < -0.39 is 20.9 Å². The van der Waals surface area contributed by atoms with E-state index >= 15 is 0 Å². The molecule has 3 nitrogen and oxygen atoms in total. The van der Waals surface area contributed by atoms with Gasteiger partial charge in [-0.3, -0.25) is 0 Å². The zero-order chi connectivity index (χ0) is 14.8. The maximum atomic E-state index is 13.9. The Labute approximate surface area is 122 Å². The van der Waals surface area contributed by atoms with E-state index in [1.807, 2.05) is 0 Å². The Morgan fingerprint density at radius 3 is 2.30 bits per heavy atom. The lowest BCUT2D eigenvalue weighted by Crippen LogP contribution is -2.23. The van der Waals surface area contributed by atoms with Crippen molar-refractivity contribution in [3.8, 4) is 0 Å². The van der Waals surface area contributed by atoms with E-state index in [1.165, 1.54) is 30.3 Å². The van der Waals surface area contributed by atoms with Gasteiger partial charge in [0, 0.05) is 17.1 Å². The van der Waals surface area contributed by atoms with Gasteiger partial charge >= 0.3 is 0 Å². The van der Waals surface area contributed by atoms with Crippen LogP contribution in [-0.4, -0.2) is 15.0 Å². The van der Waals surface area contributed by atoms with Crippen molar-refractivity contribution >= 4 is 21.4 Å². The maximum absolute atomic E-state index is 13.9. The molecule has 0 saturated carbocycles. The van der Waals surface area contributed by atoms with Crippen LogP contribution in [0.3, 0.4) is 0 Å². The minimum absolute atomic E-state index is 0.0555. The molecule has 0 fully saturated rings. The van der Waals surface area contributed by atoms with Gasteiger partial charge < -0.3 is 5.73 Å². The molecule has 0 aliphatic heterocycles. The van der Waals surface area contributed by atoms with E-state index in [1.54, 1.807) is 18.2 Å². The zero-order valence-corrected chi connectivity index (χ0v) is 12.0. The van der Waals surface area contributed by atoms with E-state index in [4.69, 9.17) is 17.3 Å². The number of hydrogen-bond donors (Lipinski definition) is 1. The second-order valence-electron chi connectivity index (χ2n) is 4.22. The number of rotatable bonds is 4. The van der Waals surface area contributed by atoms with E-state index in [2.05, 4.69) is 0 Å². The molecule has 6 heteroatoms. The van der Waals surface area contributed by atoms with Crippen molar-refractivity contribution in [2.24, 2.45) is 5.73 Å². The van der Waals surface area contributed by atoms with Crippen LogP contribution in [0.15, 0.2) is 53.4 Å². The van der Waals surface area contributed by atoms with Gasteiger partial charge in [-0.25, -0.2) is 12.8 Å². The first-order chi connectivity index (χ1) is 9.48. The molecule has 2 aromatic carbocycles. The summed E-state index contributed by atoms with van der Waals surface area (Å²) in [5, 5.41) is -1.15. The number of hydrogen-bond acceptors (Lipinski definition) is 3. The third-order valence-corrected chi connectivity index (χ3v) is 5.42. The van der Waals surface area contributed by atoms with Crippen molar-refractivity contribution in [3.05, 3.63) is 64.9 Å². The molecule has 2 rings (SSSR count). The number of halogens is 2. The standard InChI is InChI=1S/C14H13ClFNO2S/c15-11-7-4-8-12(16)14(11)13(9-17)20(18,19)10-5-2-1-3-6-10/h1-8,13H,9,17H2. The van der Waals surface area contributed by atoms with E-state index in [0.29, 0.717) is 0 Å². The van der Waals surface area contributed by atoms with Crippen LogP contribution in [0.2, 0.25) is 5.02 Å². The normalized spacial score (nSPS) is 13.2. The summed E-state index contributed by atoms with van der Waals surface area (Å²) in [5.74, 6) is -0.674. The molecule has 0 saturated heterocycles. The van der Waals surface area contributed by atoms with E-state index in [0.717, 1.165) is 0 Å². The molecular weight excluding hydrogens is 301 g/mol. The molecule has 1 atom stereocenters. The van der Waals surface area contributed by atoms with E-state index in [-0.39, 0.29) is 22.0 Å². The SMILES string of the molecule is NCC(c1c(F)cccc1Cl)S(=O)(=O)c1ccccc1. The molecule has 0 heterocycles. The Hall–Kier alpha value is -1.43. The van der Waals surface area contributed by atoms with Crippen LogP contribution in [0.25, 0.3) is 0 Å². The van der Waals surface area contributed by atoms with Gasteiger partial charge in [0.15, 0.2) is 9.84 Å². The molecule has 1 unspecified atom stereocenters. The number of benzene rings is 2. The second kappa shape index (κ2) is 5.91. The lowest BCUT2D eigenvalue weighted by atomic mass is 10.1. The first-order valence-corrected chi connectivity index (χ1v) is 7.84. The van der Waals surface area contributed by atoms with Crippen molar-refractivity contribution in [1.82, 2.24) is 0 Å². The van der Waals surface area contributed by atoms with Crippen molar-refractivity contribution in [3.63, 3.8) is 0 Å². The summed E-state index contributed by atoms with van der Waals surface area (Å²) in [6, 6.07) is 11.8. The van der Waals surface area contributed by atoms with Gasteiger partial charge in [0.05, 0.1) is 4.90 Å². The highest BCUT2D eigenvalue weighted by Crippen LogP contribution is 2.34. The molecular formula is C14H13ClFNO2S. The highest BCUT2D eigenvalue weighted by Gasteiger charge is 2.31. The minimum Gasteiger partial charge on any atom is -0.329 e. The van der Waals surface area contributed by atoms with Gasteiger partial charge in [-0.05, 0) is 24.3 Å². The molecule has 2 N–H and O–H groups in total. The monoisotopic (exact) mass is 313 g/mol. The van der Waals surface area contributed by atoms with E-state index in [9.17, 15) is 12.8 Å². The average Bonchev–Trinajstić information content (AvgIpc) is 2.43. The summed E-state index contributed by atoms with van der Waals surface area (Å²) in [6.07, 6.45) is 0. The fourth-order valence-electron chi connectivity index (χ4n) is 1.99. The Morgan fingerprint density at radius 1 is 1.10 bits per heavy atom. The maximum Gasteiger partial charge on any atom is 0.186 e. The first-order valence-electron chi connectivity index (χ1n) is 5.91. The Bertz CT molecular complexity index is 684. The van der Waals surface area contributed by atoms with Crippen LogP contribution in [0.5, 0.6) is 0 Å². The van der Waals surface area contributed by atoms with Crippen LogP contribution < -0.4 is 5.73 Å². The van der Waals surface area contributed by atoms with Crippen molar-refractivity contribution in [2.45, 2.75) is 10.1 Å². The number of sulfone groups is 1. The first kappa shape index (κ1) is 15.0. The van der Waals surface area contributed by atoms with Gasteiger partial charge in [-0.2, -0.15) is 0 Å². The fourth-order valence-corrected chi connectivity index (χ4v) is 4.02. The summed E-state index contributed by atoms with van der Waals surface area (Å²) >= 11 is 5.94. The lowest BCUT2D eigenvalue weighted by molar-refractivity contribution is 0.568. The summed E-state index contributed by atoms with van der Waals surface area (Å²) in [5.41, 5.74) is 5.48. The third kappa shape index (κ3) is 2.70. The zero-order valence-electron chi connectivity index (χ0n) is 10.5. The Balaban J connectivity index is 2.59. The highest BCUT2D eigenvalue weighted by molar-refractivity contribution is 7.91. The highest BCUT2D eigenvalue weighted by atomic mass is 35.5. The van der Waals surface area contributed by atoms with Crippen LogP contribution in [0.4, 0.5) is 4.39 Å². The molecule has 0 aliphatic carbocycles. The molecule has 0 amide bonds. The quantitative estimate of drug-likeness (QED) is 0.944. The molecule has 20 heavy (non-hydrogen) atoms. The predicted molar refractivity (Wildman–Crippen MR) is 76.8 cm³/mol. The van der Waals surface area contributed by atoms with Crippen LogP contribution in [-0.2, 0) is 9.84 Å². The summed E-state index contributed by atoms with van der Waals surface area (Å²) in [6.45, 7) is -0.252. The summed E-state index contributed by atoms with van der Waals surface area (Å²) in [7, 11) is -3.80. The minimum atomic E-state index is -3.80. The second-order valence-corrected chi connectivity index (χ2v) is 6.76. The van der Waals surface area contributed by atoms with Crippen molar-refractivity contribution in [2.75, 3.05) is 6.54 Å². The van der Waals surface area contributed by atoms with Gasteiger partial charge in [-0.1, -0.05) is 35.9 Å². The fraction of sp³-hybridized carbons (Fsp3) is 0.143. The van der Waals surface area contributed by atoms with Gasteiger partial charge in [0.1, 0.15) is 11.1 Å². The average molecular weight is 314 g/mol. The molecule has 0 spiro atoms. The summed E-state index contributed by atoms with van der Waals surface area (Å²) in [4.78, 5) is 0.0924. The summed E-state index contributed by atoms with van der Waals surface area (Å²) < 4.78 is 39.1.